The predicted molar refractivity (Wildman–Crippen MR) is 73.6 cm³/mol. The highest BCUT2D eigenvalue weighted by Gasteiger charge is 2.11. The molecule has 82 valence electrons. The van der Waals surface area contributed by atoms with Crippen LogP contribution in [0.1, 0.15) is 0 Å². The van der Waals surface area contributed by atoms with Crippen LogP contribution < -0.4 is 0 Å². The van der Waals surface area contributed by atoms with Crippen LogP contribution in [0.25, 0.3) is 32.0 Å². The lowest BCUT2D eigenvalue weighted by atomic mass is 10.1. The Morgan fingerprint density at radius 1 is 1.12 bits per heavy atom. The van der Waals surface area contributed by atoms with Gasteiger partial charge in [-0.25, -0.2) is 4.98 Å². The first kappa shape index (κ1) is 9.19. The highest BCUT2D eigenvalue weighted by molar-refractivity contribution is 7.18. The van der Waals surface area contributed by atoms with Gasteiger partial charge in [0, 0.05) is 24.0 Å². The van der Waals surface area contributed by atoms with Crippen LogP contribution in [-0.4, -0.2) is 9.55 Å². The summed E-state index contributed by atoms with van der Waals surface area (Å²) in [6, 6.07) is 10.7. The zero-order chi connectivity index (χ0) is 11.4. The molecule has 0 radical (unpaired) electrons. The van der Waals surface area contributed by atoms with E-state index in [1.54, 1.807) is 11.3 Å². The van der Waals surface area contributed by atoms with E-state index in [1.807, 2.05) is 12.3 Å². The molecule has 0 saturated heterocycles. The molecule has 0 aliphatic rings. The minimum Gasteiger partial charge on any atom is -0.327 e. The molecule has 0 aliphatic carbocycles. The number of thiophene rings is 1. The van der Waals surface area contributed by atoms with Crippen molar-refractivity contribution in [3.05, 3.63) is 41.9 Å². The quantitative estimate of drug-likeness (QED) is 0.453. The molecule has 0 spiro atoms. The van der Waals surface area contributed by atoms with E-state index in [2.05, 4.69) is 46.2 Å². The zero-order valence-corrected chi connectivity index (χ0v) is 10.2. The summed E-state index contributed by atoms with van der Waals surface area (Å²) in [4.78, 5) is 4.48. The lowest BCUT2D eigenvalue weighted by molar-refractivity contribution is 0.994. The molecule has 3 heterocycles. The van der Waals surface area contributed by atoms with Gasteiger partial charge in [0.2, 0.25) is 0 Å². The molecule has 0 saturated carbocycles. The topological polar surface area (TPSA) is 17.8 Å². The van der Waals surface area contributed by atoms with Gasteiger partial charge in [-0.2, -0.15) is 0 Å². The van der Waals surface area contributed by atoms with Gasteiger partial charge in [-0.05, 0) is 29.0 Å². The van der Waals surface area contributed by atoms with Gasteiger partial charge in [0.05, 0.1) is 10.2 Å². The minimum absolute atomic E-state index is 1.06. The molecule has 0 fully saturated rings. The largest absolute Gasteiger partial charge is 0.327 e. The Morgan fingerprint density at radius 3 is 3.00 bits per heavy atom. The lowest BCUT2D eigenvalue weighted by Crippen LogP contribution is -1.88. The van der Waals surface area contributed by atoms with Crippen molar-refractivity contribution in [2.45, 2.75) is 0 Å². The third-order valence-electron chi connectivity index (χ3n) is 3.33. The van der Waals surface area contributed by atoms with E-state index >= 15 is 0 Å². The van der Waals surface area contributed by atoms with E-state index < -0.39 is 0 Å². The molecule has 4 aromatic rings. The standard InChI is InChI=1S/C14H10N2S/c1-16-12-10(11-3-2-7-15-14(11)16)5-4-9-6-8-17-13(9)12/h2-8H,1H3. The monoisotopic (exact) mass is 238 g/mol. The van der Waals surface area contributed by atoms with Gasteiger partial charge < -0.3 is 4.57 Å². The number of pyridine rings is 1. The maximum Gasteiger partial charge on any atom is 0.140 e. The van der Waals surface area contributed by atoms with Crippen LogP contribution in [0.4, 0.5) is 0 Å². The van der Waals surface area contributed by atoms with Crippen LogP contribution in [0.5, 0.6) is 0 Å². The van der Waals surface area contributed by atoms with E-state index in [1.165, 1.54) is 26.4 Å². The smallest absolute Gasteiger partial charge is 0.140 e. The van der Waals surface area contributed by atoms with Crippen molar-refractivity contribution in [3.63, 3.8) is 0 Å². The summed E-state index contributed by atoms with van der Waals surface area (Å²) >= 11 is 1.80. The van der Waals surface area contributed by atoms with Crippen molar-refractivity contribution in [1.82, 2.24) is 9.55 Å². The van der Waals surface area contributed by atoms with Crippen LogP contribution in [0.3, 0.4) is 0 Å². The Bertz CT molecular complexity index is 854. The zero-order valence-electron chi connectivity index (χ0n) is 9.34. The SMILES string of the molecule is Cn1c2ncccc2c2ccc3ccsc3c21. The van der Waals surface area contributed by atoms with Crippen LogP contribution in [0.15, 0.2) is 41.9 Å². The van der Waals surface area contributed by atoms with Gasteiger partial charge in [-0.3, -0.25) is 0 Å². The molecule has 2 nitrogen and oxygen atoms in total. The second-order valence-corrected chi connectivity index (χ2v) is 5.15. The van der Waals surface area contributed by atoms with Crippen LogP contribution in [0.2, 0.25) is 0 Å². The molecule has 3 heteroatoms. The lowest BCUT2D eigenvalue weighted by Gasteiger charge is -1.98. The second kappa shape index (κ2) is 3.08. The molecule has 1 aromatic carbocycles. The fourth-order valence-electron chi connectivity index (χ4n) is 2.55. The van der Waals surface area contributed by atoms with E-state index in [-0.39, 0.29) is 0 Å². The molecule has 0 aliphatic heterocycles. The molecule has 0 bridgehead atoms. The van der Waals surface area contributed by atoms with E-state index in [9.17, 15) is 0 Å². The fraction of sp³-hybridized carbons (Fsp3) is 0.0714. The predicted octanol–water partition coefficient (Wildman–Crippen LogP) is 3.94. The molecule has 0 N–H and O–H groups in total. The normalized spacial score (nSPS) is 11.8. The number of aryl methyl sites for hydroxylation is 1. The number of rotatable bonds is 0. The van der Waals surface area contributed by atoms with Crippen molar-refractivity contribution < 1.29 is 0 Å². The number of hydrogen-bond donors (Lipinski definition) is 0. The Labute approximate surface area is 102 Å². The second-order valence-electron chi connectivity index (χ2n) is 4.23. The van der Waals surface area contributed by atoms with Crippen LogP contribution in [-0.2, 0) is 7.05 Å². The average Bonchev–Trinajstić information content (AvgIpc) is 2.93. The van der Waals surface area contributed by atoms with Crippen molar-refractivity contribution in [3.8, 4) is 0 Å². The van der Waals surface area contributed by atoms with Gasteiger partial charge >= 0.3 is 0 Å². The molecular formula is C14H10N2S. The summed E-state index contributed by atoms with van der Waals surface area (Å²) in [6.07, 6.45) is 1.85. The fourth-order valence-corrected chi connectivity index (χ4v) is 3.53. The van der Waals surface area contributed by atoms with Crippen molar-refractivity contribution in [1.29, 1.82) is 0 Å². The number of nitrogens with zero attached hydrogens (tertiary/aromatic N) is 2. The summed E-state index contributed by atoms with van der Waals surface area (Å²) in [5, 5.41) is 5.99. The molecule has 0 unspecified atom stereocenters. The summed E-state index contributed by atoms with van der Waals surface area (Å²) in [6.45, 7) is 0. The summed E-state index contributed by atoms with van der Waals surface area (Å²) in [5.41, 5.74) is 2.36. The Hall–Kier alpha value is -1.87. The first-order valence-corrected chi connectivity index (χ1v) is 6.43. The summed E-state index contributed by atoms with van der Waals surface area (Å²) in [7, 11) is 2.09. The third kappa shape index (κ3) is 1.07. The summed E-state index contributed by atoms with van der Waals surface area (Å²) in [5.74, 6) is 0. The minimum atomic E-state index is 1.06. The first-order chi connectivity index (χ1) is 8.36. The first-order valence-electron chi connectivity index (χ1n) is 5.55. The average molecular weight is 238 g/mol. The van der Waals surface area contributed by atoms with Gasteiger partial charge in [0.1, 0.15) is 5.65 Å². The van der Waals surface area contributed by atoms with E-state index in [0.29, 0.717) is 0 Å². The van der Waals surface area contributed by atoms with E-state index in [4.69, 9.17) is 0 Å². The number of hydrogen-bond acceptors (Lipinski definition) is 2. The number of aromatic nitrogens is 2. The Balaban J connectivity index is 2.43. The van der Waals surface area contributed by atoms with Gasteiger partial charge in [-0.1, -0.05) is 12.1 Å². The van der Waals surface area contributed by atoms with Gasteiger partial charge in [-0.15, -0.1) is 11.3 Å². The summed E-state index contributed by atoms with van der Waals surface area (Å²) < 4.78 is 3.55. The van der Waals surface area contributed by atoms with Gasteiger partial charge in [0.15, 0.2) is 0 Å². The Kier molecular flexibility index (Phi) is 1.66. The van der Waals surface area contributed by atoms with Crippen LogP contribution in [0, 0.1) is 0 Å². The highest BCUT2D eigenvalue weighted by Crippen LogP contribution is 2.34. The number of fused-ring (bicyclic) bond motifs is 5. The van der Waals surface area contributed by atoms with Crippen LogP contribution >= 0.6 is 11.3 Å². The maximum absolute atomic E-state index is 4.48. The maximum atomic E-state index is 4.48. The number of benzene rings is 1. The molecule has 3 aromatic heterocycles. The van der Waals surface area contributed by atoms with Crippen molar-refractivity contribution in [2.24, 2.45) is 7.05 Å². The van der Waals surface area contributed by atoms with Crippen molar-refractivity contribution >= 4 is 43.4 Å². The third-order valence-corrected chi connectivity index (χ3v) is 4.26. The molecule has 17 heavy (non-hydrogen) atoms. The highest BCUT2D eigenvalue weighted by atomic mass is 32.1. The molecular weight excluding hydrogens is 228 g/mol. The molecule has 0 atom stereocenters. The Morgan fingerprint density at radius 2 is 2.06 bits per heavy atom. The van der Waals surface area contributed by atoms with E-state index in [0.717, 1.165) is 5.65 Å². The molecule has 0 amide bonds. The van der Waals surface area contributed by atoms with Crippen molar-refractivity contribution in [2.75, 3.05) is 0 Å². The van der Waals surface area contributed by atoms with Gasteiger partial charge in [0.25, 0.3) is 0 Å². The molecule has 4 rings (SSSR count).